The monoisotopic (exact) mass is 339 g/mol. The molecule has 0 saturated heterocycles. The van der Waals surface area contributed by atoms with Crippen LogP contribution in [0.15, 0.2) is 48.5 Å². The minimum absolute atomic E-state index is 0.0752. The van der Waals surface area contributed by atoms with E-state index in [2.05, 4.69) is 16.9 Å². The molecule has 3 rings (SSSR count). The lowest BCUT2D eigenvalue weighted by molar-refractivity contribution is -0.142. The lowest BCUT2D eigenvalue weighted by atomic mass is 9.98. The number of rotatable bonds is 4. The summed E-state index contributed by atoms with van der Waals surface area (Å²) in [4.78, 5) is 23.6. The lowest BCUT2D eigenvalue weighted by Crippen LogP contribution is -2.38. The molecule has 0 bridgehead atoms. The van der Waals surface area contributed by atoms with Crippen molar-refractivity contribution in [1.29, 1.82) is 0 Å². The molecule has 2 N–H and O–H groups in total. The molecule has 2 aromatic carbocycles. The van der Waals surface area contributed by atoms with E-state index < -0.39 is 18.2 Å². The van der Waals surface area contributed by atoms with E-state index in [0.717, 1.165) is 22.3 Å². The van der Waals surface area contributed by atoms with Crippen molar-refractivity contribution in [3.63, 3.8) is 0 Å². The van der Waals surface area contributed by atoms with E-state index in [9.17, 15) is 9.59 Å². The molecule has 0 amide bonds. The van der Waals surface area contributed by atoms with Crippen molar-refractivity contribution >= 4 is 12.1 Å². The Labute approximate surface area is 146 Å². The Kier molecular flexibility index (Phi) is 4.86. The summed E-state index contributed by atoms with van der Waals surface area (Å²) >= 11 is 0. The van der Waals surface area contributed by atoms with Crippen LogP contribution in [0.1, 0.15) is 30.9 Å². The van der Waals surface area contributed by atoms with Crippen LogP contribution in [0.25, 0.3) is 11.1 Å². The van der Waals surface area contributed by atoms with Crippen LogP contribution in [-0.2, 0) is 14.3 Å². The van der Waals surface area contributed by atoms with E-state index >= 15 is 0 Å². The first kappa shape index (κ1) is 17.2. The predicted molar refractivity (Wildman–Crippen MR) is 94.0 cm³/mol. The zero-order valence-corrected chi connectivity index (χ0v) is 14.3. The maximum absolute atomic E-state index is 11.8. The van der Waals surface area contributed by atoms with Gasteiger partial charge >= 0.3 is 12.1 Å². The minimum atomic E-state index is -1.01. The van der Waals surface area contributed by atoms with Crippen LogP contribution in [0.5, 0.6) is 0 Å². The minimum Gasteiger partial charge on any atom is -0.433 e. The molecule has 5 heteroatoms. The van der Waals surface area contributed by atoms with Crippen molar-refractivity contribution in [2.24, 2.45) is 11.7 Å². The molecule has 25 heavy (non-hydrogen) atoms. The van der Waals surface area contributed by atoms with Crippen molar-refractivity contribution < 1.29 is 19.1 Å². The van der Waals surface area contributed by atoms with Gasteiger partial charge in [-0.25, -0.2) is 9.59 Å². The Morgan fingerprint density at radius 3 is 2.04 bits per heavy atom. The summed E-state index contributed by atoms with van der Waals surface area (Å²) in [6, 6.07) is 15.2. The van der Waals surface area contributed by atoms with Crippen LogP contribution < -0.4 is 5.73 Å². The zero-order chi connectivity index (χ0) is 18.0. The largest absolute Gasteiger partial charge is 0.516 e. The Bertz CT molecular complexity index is 754. The van der Waals surface area contributed by atoms with Crippen molar-refractivity contribution in [2.45, 2.75) is 25.8 Å². The fourth-order valence-corrected chi connectivity index (χ4v) is 3.04. The van der Waals surface area contributed by atoms with E-state index in [1.165, 1.54) is 0 Å². The third-order valence-electron chi connectivity index (χ3n) is 4.50. The number of nitrogens with two attached hydrogens (primary N) is 1. The first-order valence-corrected chi connectivity index (χ1v) is 8.31. The molecule has 2 aromatic rings. The predicted octanol–water partition coefficient (Wildman–Crippen LogP) is 3.46. The number of carbonyl (C=O) groups excluding carboxylic acids is 2. The van der Waals surface area contributed by atoms with Crippen molar-refractivity contribution in [1.82, 2.24) is 0 Å². The lowest BCUT2D eigenvalue weighted by Gasteiger charge is -2.15. The summed E-state index contributed by atoms with van der Waals surface area (Å²) in [5.74, 6) is -0.963. The van der Waals surface area contributed by atoms with Gasteiger partial charge in [0.2, 0.25) is 0 Å². The SMILES string of the molecule is CC(C)[C@H](N)C(=O)OC(=O)OCC1c2ccccc2-c2ccccc21. The van der Waals surface area contributed by atoms with Gasteiger partial charge in [0.15, 0.2) is 0 Å². The van der Waals surface area contributed by atoms with Gasteiger partial charge in [0, 0.05) is 5.92 Å². The highest BCUT2D eigenvalue weighted by molar-refractivity contribution is 5.85. The number of ether oxygens (including phenoxy) is 2. The Balaban J connectivity index is 1.70. The number of fused-ring (bicyclic) bond motifs is 3. The first-order chi connectivity index (χ1) is 12.0. The number of carbonyl (C=O) groups is 2. The van der Waals surface area contributed by atoms with Gasteiger partial charge in [0.25, 0.3) is 0 Å². The second-order valence-corrected chi connectivity index (χ2v) is 6.48. The molecule has 0 heterocycles. The smallest absolute Gasteiger partial charge is 0.433 e. The highest BCUT2D eigenvalue weighted by Gasteiger charge is 2.30. The standard InChI is InChI=1S/C20H21NO4/c1-12(2)18(21)19(22)25-20(23)24-11-17-15-9-5-3-7-13(15)14-8-4-6-10-16(14)17/h3-10,12,17-18H,11,21H2,1-2H3/t18-/m0/s1. The molecule has 0 radical (unpaired) electrons. The van der Waals surface area contributed by atoms with Crippen LogP contribution in [0.2, 0.25) is 0 Å². The number of hydrogen-bond donors (Lipinski definition) is 1. The van der Waals surface area contributed by atoms with Gasteiger partial charge in [-0.3, -0.25) is 0 Å². The summed E-state index contributed by atoms with van der Waals surface area (Å²) in [7, 11) is 0. The maximum Gasteiger partial charge on any atom is 0.516 e. The zero-order valence-electron chi connectivity index (χ0n) is 14.3. The highest BCUT2D eigenvalue weighted by atomic mass is 16.7. The normalized spacial score (nSPS) is 13.9. The molecule has 0 saturated carbocycles. The van der Waals surface area contributed by atoms with E-state index in [1.54, 1.807) is 13.8 Å². The molecule has 0 spiro atoms. The molecule has 1 atom stereocenters. The van der Waals surface area contributed by atoms with Gasteiger partial charge in [-0.2, -0.15) is 0 Å². The van der Waals surface area contributed by atoms with Crippen molar-refractivity contribution in [3.8, 4) is 11.1 Å². The molecule has 0 unspecified atom stereocenters. The van der Waals surface area contributed by atoms with Gasteiger partial charge in [0.1, 0.15) is 12.6 Å². The first-order valence-electron chi connectivity index (χ1n) is 8.31. The fourth-order valence-electron chi connectivity index (χ4n) is 3.04. The summed E-state index contributed by atoms with van der Waals surface area (Å²) in [5.41, 5.74) is 10.1. The maximum atomic E-state index is 11.8. The molecule has 130 valence electrons. The summed E-state index contributed by atoms with van der Waals surface area (Å²) < 4.78 is 9.89. The average Bonchev–Trinajstić information content (AvgIpc) is 2.93. The van der Waals surface area contributed by atoms with Crippen LogP contribution in [-0.4, -0.2) is 24.8 Å². The highest BCUT2D eigenvalue weighted by Crippen LogP contribution is 2.44. The van der Waals surface area contributed by atoms with E-state index in [1.807, 2.05) is 36.4 Å². The topological polar surface area (TPSA) is 78.6 Å². The molecule has 5 nitrogen and oxygen atoms in total. The number of hydrogen-bond acceptors (Lipinski definition) is 5. The van der Waals surface area contributed by atoms with Crippen LogP contribution in [0.4, 0.5) is 4.79 Å². The molecule has 1 aliphatic carbocycles. The molecular formula is C20H21NO4. The number of benzene rings is 2. The molecular weight excluding hydrogens is 318 g/mol. The third kappa shape index (κ3) is 3.42. The molecule has 0 fully saturated rings. The van der Waals surface area contributed by atoms with Crippen LogP contribution in [0.3, 0.4) is 0 Å². The van der Waals surface area contributed by atoms with Crippen LogP contribution >= 0.6 is 0 Å². The van der Waals surface area contributed by atoms with Gasteiger partial charge in [0.05, 0.1) is 0 Å². The van der Waals surface area contributed by atoms with E-state index in [4.69, 9.17) is 10.5 Å². The Hall–Kier alpha value is -2.66. The molecule has 0 aliphatic heterocycles. The van der Waals surface area contributed by atoms with Gasteiger partial charge < -0.3 is 15.2 Å². The van der Waals surface area contributed by atoms with Crippen molar-refractivity contribution in [3.05, 3.63) is 59.7 Å². The van der Waals surface area contributed by atoms with Crippen molar-refractivity contribution in [2.75, 3.05) is 6.61 Å². The molecule has 0 aromatic heterocycles. The van der Waals surface area contributed by atoms with E-state index in [0.29, 0.717) is 0 Å². The average molecular weight is 339 g/mol. The van der Waals surface area contributed by atoms with Gasteiger partial charge in [-0.1, -0.05) is 62.4 Å². The summed E-state index contributed by atoms with van der Waals surface area (Å²) in [6.07, 6.45) is -1.01. The fraction of sp³-hybridized carbons (Fsp3) is 0.300. The van der Waals surface area contributed by atoms with Gasteiger partial charge in [-0.15, -0.1) is 0 Å². The second kappa shape index (κ2) is 7.07. The summed E-state index contributed by atoms with van der Waals surface area (Å²) in [5, 5.41) is 0. The Morgan fingerprint density at radius 1 is 1.00 bits per heavy atom. The summed E-state index contributed by atoms with van der Waals surface area (Å²) in [6.45, 7) is 3.67. The van der Waals surface area contributed by atoms with Crippen LogP contribution in [0, 0.1) is 5.92 Å². The second-order valence-electron chi connectivity index (χ2n) is 6.48. The Morgan fingerprint density at radius 2 is 1.52 bits per heavy atom. The van der Waals surface area contributed by atoms with E-state index in [-0.39, 0.29) is 18.4 Å². The number of esters is 1. The van der Waals surface area contributed by atoms with Gasteiger partial charge in [-0.05, 0) is 28.2 Å². The third-order valence-corrected chi connectivity index (χ3v) is 4.50. The quantitative estimate of drug-likeness (QED) is 0.682. The molecule has 1 aliphatic rings.